The third-order valence-electron chi connectivity index (χ3n) is 3.84. The molecule has 1 saturated heterocycles. The number of nitrogens with two attached hydrogens (primary N) is 1. The largest absolute Gasteiger partial charge is 0.370 e. The van der Waals surface area contributed by atoms with Gasteiger partial charge in [-0.3, -0.25) is 0 Å². The van der Waals surface area contributed by atoms with E-state index in [1.165, 1.54) is 36.8 Å². The molecule has 0 saturated carbocycles. The van der Waals surface area contributed by atoms with Gasteiger partial charge in [-0.2, -0.15) is 0 Å². The van der Waals surface area contributed by atoms with Crippen molar-refractivity contribution in [2.24, 2.45) is 10.7 Å². The van der Waals surface area contributed by atoms with E-state index in [9.17, 15) is 0 Å². The van der Waals surface area contributed by atoms with Crippen LogP contribution in [0.25, 0.3) is 0 Å². The maximum absolute atomic E-state index is 6.15. The summed E-state index contributed by atoms with van der Waals surface area (Å²) >= 11 is 0. The summed E-state index contributed by atoms with van der Waals surface area (Å²) in [5, 5.41) is 0. The standard InChI is InChI=1S/C17H28N4/c1-20(2)14-16-9-7-8-15(12-16)13-19-17(18)21-10-5-3-4-6-11-21/h7-9,12H,3-6,10-11,13-14H2,1-2H3,(H2,18,19). The van der Waals surface area contributed by atoms with Crippen molar-refractivity contribution in [3.63, 3.8) is 0 Å². The van der Waals surface area contributed by atoms with Crippen molar-refractivity contribution in [1.29, 1.82) is 0 Å². The van der Waals surface area contributed by atoms with E-state index in [4.69, 9.17) is 5.73 Å². The average molecular weight is 288 g/mol. The van der Waals surface area contributed by atoms with Crippen LogP contribution in [0.2, 0.25) is 0 Å². The van der Waals surface area contributed by atoms with Crippen LogP contribution in [0.5, 0.6) is 0 Å². The lowest BCUT2D eigenvalue weighted by Crippen LogP contribution is -2.38. The van der Waals surface area contributed by atoms with Crippen molar-refractivity contribution < 1.29 is 0 Å². The van der Waals surface area contributed by atoms with Crippen molar-refractivity contribution in [3.05, 3.63) is 35.4 Å². The van der Waals surface area contributed by atoms with Crippen molar-refractivity contribution in [2.75, 3.05) is 27.2 Å². The van der Waals surface area contributed by atoms with Gasteiger partial charge < -0.3 is 15.5 Å². The molecule has 0 unspecified atom stereocenters. The molecule has 0 amide bonds. The first-order valence-electron chi connectivity index (χ1n) is 7.92. The second-order valence-corrected chi connectivity index (χ2v) is 6.13. The summed E-state index contributed by atoms with van der Waals surface area (Å²) in [7, 11) is 4.17. The lowest BCUT2D eigenvalue weighted by atomic mass is 10.1. The minimum absolute atomic E-state index is 0.670. The van der Waals surface area contributed by atoms with Gasteiger partial charge in [-0.25, -0.2) is 4.99 Å². The molecule has 2 rings (SSSR count). The molecule has 4 nitrogen and oxygen atoms in total. The predicted octanol–water partition coefficient (Wildman–Crippen LogP) is 2.44. The molecule has 2 N–H and O–H groups in total. The molecule has 1 aromatic rings. The van der Waals surface area contributed by atoms with Crippen molar-refractivity contribution in [1.82, 2.24) is 9.80 Å². The quantitative estimate of drug-likeness (QED) is 0.683. The van der Waals surface area contributed by atoms with Crippen LogP contribution < -0.4 is 5.73 Å². The summed E-state index contributed by atoms with van der Waals surface area (Å²) in [6.07, 6.45) is 5.09. The second-order valence-electron chi connectivity index (χ2n) is 6.13. The van der Waals surface area contributed by atoms with Gasteiger partial charge in [0.25, 0.3) is 0 Å². The van der Waals surface area contributed by atoms with Gasteiger partial charge >= 0.3 is 0 Å². The van der Waals surface area contributed by atoms with Crippen LogP contribution in [0.4, 0.5) is 0 Å². The second kappa shape index (κ2) is 8.03. The molecule has 0 radical (unpaired) electrons. The Labute approximate surface area is 128 Å². The van der Waals surface area contributed by atoms with Gasteiger partial charge in [0, 0.05) is 19.6 Å². The van der Waals surface area contributed by atoms with Crippen LogP contribution in [0.15, 0.2) is 29.3 Å². The normalized spacial score (nSPS) is 17.1. The Morgan fingerprint density at radius 3 is 2.48 bits per heavy atom. The number of hydrogen-bond donors (Lipinski definition) is 1. The molecule has 1 aliphatic heterocycles. The fourth-order valence-corrected chi connectivity index (χ4v) is 2.76. The monoisotopic (exact) mass is 288 g/mol. The van der Waals surface area contributed by atoms with Crippen LogP contribution in [0, 0.1) is 0 Å². The van der Waals surface area contributed by atoms with E-state index in [0.717, 1.165) is 19.6 Å². The molecule has 0 spiro atoms. The van der Waals surface area contributed by atoms with Crippen LogP contribution in [-0.2, 0) is 13.1 Å². The first-order chi connectivity index (χ1) is 10.1. The molecule has 1 aromatic carbocycles. The Hall–Kier alpha value is -1.55. The Morgan fingerprint density at radius 1 is 1.14 bits per heavy atom. The van der Waals surface area contributed by atoms with E-state index in [-0.39, 0.29) is 0 Å². The molecule has 0 atom stereocenters. The molecule has 0 bridgehead atoms. The highest BCUT2D eigenvalue weighted by molar-refractivity contribution is 5.78. The van der Waals surface area contributed by atoms with E-state index in [1.807, 2.05) is 0 Å². The first kappa shape index (κ1) is 15.8. The molecule has 1 aliphatic rings. The summed E-state index contributed by atoms with van der Waals surface area (Å²) in [5.41, 5.74) is 8.70. The number of hydrogen-bond acceptors (Lipinski definition) is 2. The zero-order valence-electron chi connectivity index (χ0n) is 13.4. The molecule has 0 aliphatic carbocycles. The van der Waals surface area contributed by atoms with Gasteiger partial charge in [0.2, 0.25) is 0 Å². The average Bonchev–Trinajstić information content (AvgIpc) is 2.73. The van der Waals surface area contributed by atoms with Gasteiger partial charge in [0.15, 0.2) is 5.96 Å². The van der Waals surface area contributed by atoms with Gasteiger partial charge in [0.05, 0.1) is 6.54 Å². The first-order valence-corrected chi connectivity index (χ1v) is 7.92. The summed E-state index contributed by atoms with van der Waals surface area (Å²) in [6, 6.07) is 8.61. The van der Waals surface area contributed by atoms with Gasteiger partial charge in [-0.05, 0) is 38.1 Å². The van der Waals surface area contributed by atoms with Crippen molar-refractivity contribution in [3.8, 4) is 0 Å². The van der Waals surface area contributed by atoms with Crippen LogP contribution in [-0.4, -0.2) is 42.9 Å². The molecule has 21 heavy (non-hydrogen) atoms. The lowest BCUT2D eigenvalue weighted by molar-refractivity contribution is 0.402. The molecule has 0 aromatic heterocycles. The van der Waals surface area contributed by atoms with Crippen LogP contribution in [0.3, 0.4) is 0 Å². The maximum atomic E-state index is 6.15. The third-order valence-corrected chi connectivity index (χ3v) is 3.84. The van der Waals surface area contributed by atoms with E-state index in [0.29, 0.717) is 12.5 Å². The van der Waals surface area contributed by atoms with Crippen molar-refractivity contribution in [2.45, 2.75) is 38.8 Å². The molecule has 1 heterocycles. The van der Waals surface area contributed by atoms with Gasteiger partial charge in [0.1, 0.15) is 0 Å². The number of guanidine groups is 1. The molecular weight excluding hydrogens is 260 g/mol. The van der Waals surface area contributed by atoms with E-state index < -0.39 is 0 Å². The van der Waals surface area contributed by atoms with E-state index >= 15 is 0 Å². The number of rotatable bonds is 4. The smallest absolute Gasteiger partial charge is 0.191 e. The molecule has 116 valence electrons. The summed E-state index contributed by atoms with van der Waals surface area (Å²) in [4.78, 5) is 8.99. The SMILES string of the molecule is CN(C)Cc1cccc(CN=C(N)N2CCCCCC2)c1. The number of nitrogens with zero attached hydrogens (tertiary/aromatic N) is 3. The van der Waals surface area contributed by atoms with Gasteiger partial charge in [-0.1, -0.05) is 37.1 Å². The number of likely N-dealkylation sites (tertiary alicyclic amines) is 1. The molecule has 4 heteroatoms. The van der Waals surface area contributed by atoms with E-state index in [1.54, 1.807) is 0 Å². The number of benzene rings is 1. The fraction of sp³-hybridized carbons (Fsp3) is 0.588. The third kappa shape index (κ3) is 5.38. The lowest BCUT2D eigenvalue weighted by Gasteiger charge is -2.21. The maximum Gasteiger partial charge on any atom is 0.191 e. The van der Waals surface area contributed by atoms with E-state index in [2.05, 4.69) is 53.2 Å². The summed E-state index contributed by atoms with van der Waals surface area (Å²) < 4.78 is 0. The highest BCUT2D eigenvalue weighted by atomic mass is 15.2. The van der Waals surface area contributed by atoms with Crippen LogP contribution >= 0.6 is 0 Å². The van der Waals surface area contributed by atoms with Crippen LogP contribution in [0.1, 0.15) is 36.8 Å². The molecule has 1 fully saturated rings. The minimum atomic E-state index is 0.670. The summed E-state index contributed by atoms with van der Waals surface area (Å²) in [5.74, 6) is 0.704. The topological polar surface area (TPSA) is 44.9 Å². The zero-order valence-corrected chi connectivity index (χ0v) is 13.4. The Bertz CT molecular complexity index is 460. The Morgan fingerprint density at radius 2 is 1.81 bits per heavy atom. The Balaban J connectivity index is 1.95. The predicted molar refractivity (Wildman–Crippen MR) is 89.2 cm³/mol. The summed E-state index contributed by atoms with van der Waals surface area (Å²) in [6.45, 7) is 3.73. The highest BCUT2D eigenvalue weighted by Gasteiger charge is 2.10. The number of aliphatic imine (C=N–C) groups is 1. The Kier molecular flexibility index (Phi) is 6.05. The van der Waals surface area contributed by atoms with Gasteiger partial charge in [-0.15, -0.1) is 0 Å². The zero-order chi connectivity index (χ0) is 15.1. The molecular formula is C17H28N4. The highest BCUT2D eigenvalue weighted by Crippen LogP contribution is 2.11. The minimum Gasteiger partial charge on any atom is -0.370 e. The fourth-order valence-electron chi connectivity index (χ4n) is 2.76. The van der Waals surface area contributed by atoms with Crippen molar-refractivity contribution >= 4 is 5.96 Å².